The summed E-state index contributed by atoms with van der Waals surface area (Å²) < 4.78 is 5.96. The molecular formula is C33H40N2O2. The van der Waals surface area contributed by atoms with Gasteiger partial charge in [0.25, 0.3) is 0 Å². The summed E-state index contributed by atoms with van der Waals surface area (Å²) in [5.74, 6) is 2.99. The van der Waals surface area contributed by atoms with E-state index >= 15 is 0 Å². The van der Waals surface area contributed by atoms with Crippen LogP contribution in [0.4, 0.5) is 0 Å². The third-order valence-electron chi connectivity index (χ3n) is 10.9. The van der Waals surface area contributed by atoms with Crippen LogP contribution < -0.4 is 4.74 Å². The average Bonchev–Trinajstić information content (AvgIpc) is 3.26. The molecule has 4 heteroatoms. The van der Waals surface area contributed by atoms with Gasteiger partial charge in [0.15, 0.2) is 0 Å². The minimum absolute atomic E-state index is 0.151. The number of aromatic nitrogens is 1. The zero-order valence-corrected chi connectivity index (χ0v) is 22.5. The standard InChI is InChI=1S/C33H40N2O2/c1-4-37-31-26(20-34)25(21-8-6-5-7-9-21)19-30(35-31)29-13-12-27-24-11-10-22-18-23(36)14-16-32(22,2)28(24)15-17-33(27,29)3/h5-10,19,23-24,27-29,36H,4,11-18H2,1-3H3/t23-,24-,27-,28-,29+,32-,33-/m0/s1. The maximum absolute atomic E-state index is 10.3. The second-order valence-corrected chi connectivity index (χ2v) is 12.5. The summed E-state index contributed by atoms with van der Waals surface area (Å²) in [6.07, 6.45) is 11.4. The lowest BCUT2D eigenvalue weighted by Crippen LogP contribution is -2.50. The minimum Gasteiger partial charge on any atom is -0.477 e. The van der Waals surface area contributed by atoms with Crippen molar-refractivity contribution in [1.29, 1.82) is 5.26 Å². The van der Waals surface area contributed by atoms with Crippen molar-refractivity contribution in [2.24, 2.45) is 28.6 Å². The molecule has 0 saturated heterocycles. The maximum atomic E-state index is 10.3. The number of fused-ring (bicyclic) bond motifs is 5. The van der Waals surface area contributed by atoms with E-state index in [0.29, 0.717) is 35.8 Å². The van der Waals surface area contributed by atoms with Gasteiger partial charge in [-0.15, -0.1) is 0 Å². The fourth-order valence-electron chi connectivity index (χ4n) is 9.04. The number of aliphatic hydroxyl groups excluding tert-OH is 1. The quantitative estimate of drug-likeness (QED) is 0.447. The van der Waals surface area contributed by atoms with Gasteiger partial charge in [-0.05, 0) is 98.5 Å². The molecule has 37 heavy (non-hydrogen) atoms. The Balaban J connectivity index is 1.37. The van der Waals surface area contributed by atoms with Crippen molar-refractivity contribution in [2.75, 3.05) is 6.61 Å². The molecule has 3 fully saturated rings. The van der Waals surface area contributed by atoms with Crippen molar-refractivity contribution in [3.8, 4) is 23.1 Å². The largest absolute Gasteiger partial charge is 0.477 e. The summed E-state index contributed by atoms with van der Waals surface area (Å²) in [4.78, 5) is 5.04. The summed E-state index contributed by atoms with van der Waals surface area (Å²) in [5.41, 5.74) is 5.63. The number of allylic oxidation sites excluding steroid dienone is 1. The SMILES string of the molecule is CCOc1nc([C@H]2CC[C@H]3[C@@H]4CC=C5C[C@@H](O)CC[C@]5(C)[C@H]4CC[C@]23C)cc(-c2ccccc2)c1C#N. The first-order valence-electron chi connectivity index (χ1n) is 14.4. The molecule has 0 unspecified atom stereocenters. The van der Waals surface area contributed by atoms with Crippen LogP contribution in [-0.4, -0.2) is 22.8 Å². The average molecular weight is 497 g/mol. The van der Waals surface area contributed by atoms with Crippen molar-refractivity contribution in [3.05, 3.63) is 59.3 Å². The summed E-state index contributed by atoms with van der Waals surface area (Å²) >= 11 is 0. The van der Waals surface area contributed by atoms with Crippen LogP contribution in [0.3, 0.4) is 0 Å². The first-order valence-corrected chi connectivity index (χ1v) is 14.4. The third kappa shape index (κ3) is 3.85. The Bertz CT molecular complexity index is 1250. The molecule has 1 N–H and O–H groups in total. The second kappa shape index (κ2) is 9.28. The van der Waals surface area contributed by atoms with E-state index < -0.39 is 0 Å². The molecule has 1 aromatic carbocycles. The zero-order chi connectivity index (χ0) is 25.8. The normalized spacial score (nSPS) is 36.5. The number of nitrogens with zero attached hydrogens (tertiary/aromatic N) is 2. The molecule has 4 aliphatic rings. The predicted octanol–water partition coefficient (Wildman–Crippen LogP) is 7.43. The molecule has 3 saturated carbocycles. The van der Waals surface area contributed by atoms with E-state index in [1.807, 2.05) is 25.1 Å². The lowest BCUT2D eigenvalue weighted by molar-refractivity contribution is -0.0412. The summed E-state index contributed by atoms with van der Waals surface area (Å²) in [5, 5.41) is 20.4. The van der Waals surface area contributed by atoms with Crippen LogP contribution in [0.2, 0.25) is 0 Å². The van der Waals surface area contributed by atoms with Crippen LogP contribution in [0.15, 0.2) is 48.0 Å². The highest BCUT2D eigenvalue weighted by molar-refractivity contribution is 5.73. The van der Waals surface area contributed by atoms with E-state index in [0.717, 1.165) is 54.8 Å². The molecule has 0 radical (unpaired) electrons. The number of pyridine rings is 1. The summed E-state index contributed by atoms with van der Waals surface area (Å²) in [6, 6.07) is 14.8. The molecule has 0 bridgehead atoms. The third-order valence-corrected chi connectivity index (χ3v) is 10.9. The molecule has 4 nitrogen and oxygen atoms in total. The van der Waals surface area contributed by atoms with Crippen LogP contribution in [-0.2, 0) is 0 Å². The lowest BCUT2D eigenvalue weighted by atomic mass is 9.47. The number of aliphatic hydroxyl groups is 1. The smallest absolute Gasteiger partial charge is 0.232 e. The van der Waals surface area contributed by atoms with Crippen molar-refractivity contribution in [2.45, 2.75) is 84.2 Å². The van der Waals surface area contributed by atoms with Gasteiger partial charge in [-0.2, -0.15) is 5.26 Å². The Morgan fingerprint density at radius 3 is 2.65 bits per heavy atom. The number of rotatable bonds is 4. The van der Waals surface area contributed by atoms with Crippen molar-refractivity contribution >= 4 is 0 Å². The summed E-state index contributed by atoms with van der Waals surface area (Å²) in [7, 11) is 0. The number of hydrogen-bond acceptors (Lipinski definition) is 4. The molecule has 2 aromatic rings. The van der Waals surface area contributed by atoms with E-state index in [1.165, 1.54) is 24.8 Å². The van der Waals surface area contributed by atoms with Crippen LogP contribution in [0.5, 0.6) is 5.88 Å². The van der Waals surface area contributed by atoms with Gasteiger partial charge in [0.2, 0.25) is 5.88 Å². The van der Waals surface area contributed by atoms with Gasteiger partial charge < -0.3 is 9.84 Å². The fraction of sp³-hybridized carbons (Fsp3) is 0.576. The Hall–Kier alpha value is -2.64. The molecule has 4 aliphatic carbocycles. The van der Waals surface area contributed by atoms with Gasteiger partial charge in [0.1, 0.15) is 11.6 Å². The van der Waals surface area contributed by atoms with Crippen LogP contribution in [0.1, 0.15) is 89.3 Å². The minimum atomic E-state index is -0.151. The van der Waals surface area contributed by atoms with Gasteiger partial charge >= 0.3 is 0 Å². The zero-order valence-electron chi connectivity index (χ0n) is 22.5. The molecule has 1 heterocycles. The fourth-order valence-corrected chi connectivity index (χ4v) is 9.04. The van der Waals surface area contributed by atoms with E-state index in [-0.39, 0.29) is 16.9 Å². The van der Waals surface area contributed by atoms with E-state index in [9.17, 15) is 10.4 Å². The van der Waals surface area contributed by atoms with Gasteiger partial charge in [-0.25, -0.2) is 4.98 Å². The van der Waals surface area contributed by atoms with E-state index in [2.05, 4.69) is 44.2 Å². The molecule has 7 atom stereocenters. The highest BCUT2D eigenvalue weighted by Crippen LogP contribution is 2.68. The summed E-state index contributed by atoms with van der Waals surface area (Å²) in [6.45, 7) is 7.48. The van der Waals surface area contributed by atoms with E-state index in [4.69, 9.17) is 9.72 Å². The number of ether oxygens (including phenoxy) is 1. The Morgan fingerprint density at radius 2 is 1.89 bits per heavy atom. The number of nitriles is 1. The van der Waals surface area contributed by atoms with Gasteiger partial charge in [0.05, 0.1) is 12.7 Å². The van der Waals surface area contributed by atoms with Crippen LogP contribution in [0, 0.1) is 39.9 Å². The molecule has 0 aliphatic heterocycles. The van der Waals surface area contributed by atoms with Crippen molar-refractivity contribution in [1.82, 2.24) is 4.98 Å². The molecule has 0 amide bonds. The van der Waals surface area contributed by atoms with Gasteiger partial charge in [-0.3, -0.25) is 0 Å². The van der Waals surface area contributed by atoms with Crippen LogP contribution in [0.25, 0.3) is 11.1 Å². The Labute approximate surface area is 221 Å². The molecular weight excluding hydrogens is 456 g/mol. The molecule has 194 valence electrons. The Morgan fingerprint density at radius 1 is 1.08 bits per heavy atom. The van der Waals surface area contributed by atoms with E-state index in [1.54, 1.807) is 0 Å². The predicted molar refractivity (Wildman–Crippen MR) is 146 cm³/mol. The van der Waals surface area contributed by atoms with Crippen molar-refractivity contribution in [3.63, 3.8) is 0 Å². The second-order valence-electron chi connectivity index (χ2n) is 12.5. The number of hydrogen-bond donors (Lipinski definition) is 1. The Kier molecular flexibility index (Phi) is 6.19. The van der Waals surface area contributed by atoms with Gasteiger partial charge in [-0.1, -0.05) is 55.8 Å². The molecule has 6 rings (SSSR count). The number of benzene rings is 1. The highest BCUT2D eigenvalue weighted by Gasteiger charge is 2.59. The molecule has 1 aromatic heterocycles. The van der Waals surface area contributed by atoms with Crippen molar-refractivity contribution < 1.29 is 9.84 Å². The maximum Gasteiger partial charge on any atom is 0.232 e. The first-order chi connectivity index (χ1) is 17.9. The topological polar surface area (TPSA) is 66.1 Å². The first kappa shape index (κ1) is 24.7. The lowest BCUT2D eigenvalue weighted by Gasteiger charge is -2.58. The highest BCUT2D eigenvalue weighted by atomic mass is 16.5. The van der Waals surface area contributed by atoms with Crippen LogP contribution >= 0.6 is 0 Å². The molecule has 0 spiro atoms. The monoisotopic (exact) mass is 496 g/mol. The van der Waals surface area contributed by atoms with Gasteiger partial charge in [0, 0.05) is 17.2 Å².